The van der Waals surface area contributed by atoms with E-state index in [9.17, 15) is 18.3 Å². The van der Waals surface area contributed by atoms with Crippen molar-refractivity contribution in [2.24, 2.45) is 0 Å². The van der Waals surface area contributed by atoms with Crippen molar-refractivity contribution in [3.8, 4) is 0 Å². The van der Waals surface area contributed by atoms with Crippen LogP contribution in [0.25, 0.3) is 0 Å². The van der Waals surface area contributed by atoms with E-state index in [-0.39, 0.29) is 11.3 Å². The fraction of sp³-hybridized carbons (Fsp3) is 0.0909. The maximum atomic E-state index is 13.4. The molecule has 0 aliphatic rings. The lowest BCUT2D eigenvalue weighted by Crippen LogP contribution is -2.07. The number of rotatable bonds is 2. The molecular weight excluding hydrogens is 233 g/mol. The van der Waals surface area contributed by atoms with Gasteiger partial charge in [-0.2, -0.15) is 0 Å². The molecule has 6 heteroatoms. The van der Waals surface area contributed by atoms with Gasteiger partial charge in [-0.3, -0.25) is 0 Å². The Morgan fingerprint density at radius 3 is 2.47 bits per heavy atom. The second-order valence-corrected chi connectivity index (χ2v) is 3.30. The van der Waals surface area contributed by atoms with Gasteiger partial charge in [-0.25, -0.2) is 23.1 Å². The number of aliphatic hydroxyl groups is 1. The smallest absolute Gasteiger partial charge is 0.194 e. The molecule has 0 aliphatic heterocycles. The molecule has 17 heavy (non-hydrogen) atoms. The quantitative estimate of drug-likeness (QED) is 0.816. The molecule has 0 amide bonds. The lowest BCUT2D eigenvalue weighted by Gasteiger charge is -2.11. The molecule has 0 fully saturated rings. The SMILES string of the molecule is OC(c1ccncn1)c1ccc(F)c(F)c1F. The number of hydrogen-bond donors (Lipinski definition) is 1. The third-order valence-electron chi connectivity index (χ3n) is 2.24. The zero-order valence-electron chi connectivity index (χ0n) is 8.44. The molecular formula is C11H7F3N2O. The van der Waals surface area contributed by atoms with Gasteiger partial charge in [-0.1, -0.05) is 0 Å². The number of aromatic nitrogens is 2. The van der Waals surface area contributed by atoms with E-state index < -0.39 is 23.6 Å². The summed E-state index contributed by atoms with van der Waals surface area (Å²) in [6, 6.07) is 3.07. The Morgan fingerprint density at radius 1 is 1.06 bits per heavy atom. The normalized spacial score (nSPS) is 12.5. The highest BCUT2D eigenvalue weighted by atomic mass is 19.2. The highest BCUT2D eigenvalue weighted by Gasteiger charge is 2.21. The van der Waals surface area contributed by atoms with Crippen LogP contribution in [-0.4, -0.2) is 15.1 Å². The van der Waals surface area contributed by atoms with Crippen LogP contribution >= 0.6 is 0 Å². The summed E-state index contributed by atoms with van der Waals surface area (Å²) in [5, 5.41) is 9.77. The van der Waals surface area contributed by atoms with E-state index >= 15 is 0 Å². The van der Waals surface area contributed by atoms with Crippen LogP contribution in [0.5, 0.6) is 0 Å². The standard InChI is InChI=1S/C11H7F3N2O/c12-7-2-1-6(9(13)10(7)14)11(17)8-3-4-15-5-16-8/h1-5,11,17H. The molecule has 1 N–H and O–H groups in total. The predicted octanol–water partition coefficient (Wildman–Crippen LogP) is 1.98. The molecule has 0 aliphatic carbocycles. The van der Waals surface area contributed by atoms with Gasteiger partial charge in [-0.15, -0.1) is 0 Å². The van der Waals surface area contributed by atoms with Crippen molar-refractivity contribution in [2.45, 2.75) is 6.10 Å². The Bertz CT molecular complexity index is 534. The summed E-state index contributed by atoms with van der Waals surface area (Å²) < 4.78 is 39.1. The van der Waals surface area contributed by atoms with Crippen molar-refractivity contribution in [3.05, 3.63) is 59.4 Å². The summed E-state index contributed by atoms with van der Waals surface area (Å²) in [5.74, 6) is -4.34. The van der Waals surface area contributed by atoms with Gasteiger partial charge in [0.25, 0.3) is 0 Å². The minimum Gasteiger partial charge on any atom is -0.382 e. The van der Waals surface area contributed by atoms with E-state index in [0.717, 1.165) is 18.5 Å². The average molecular weight is 240 g/mol. The van der Waals surface area contributed by atoms with E-state index in [1.165, 1.54) is 12.3 Å². The molecule has 0 radical (unpaired) electrons. The number of aliphatic hydroxyl groups excluding tert-OH is 1. The van der Waals surface area contributed by atoms with Crippen molar-refractivity contribution in [1.82, 2.24) is 9.97 Å². The van der Waals surface area contributed by atoms with Crippen molar-refractivity contribution < 1.29 is 18.3 Å². The molecule has 0 saturated heterocycles. The summed E-state index contributed by atoms with van der Waals surface area (Å²) in [6.45, 7) is 0. The summed E-state index contributed by atoms with van der Waals surface area (Å²) in [6.07, 6.45) is 1.05. The highest BCUT2D eigenvalue weighted by Crippen LogP contribution is 2.25. The van der Waals surface area contributed by atoms with Gasteiger partial charge < -0.3 is 5.11 Å². The van der Waals surface area contributed by atoms with Gasteiger partial charge in [-0.05, 0) is 18.2 Å². The first-order chi connectivity index (χ1) is 8.11. The van der Waals surface area contributed by atoms with Crippen LogP contribution < -0.4 is 0 Å². The summed E-state index contributed by atoms with van der Waals surface area (Å²) in [4.78, 5) is 7.33. The van der Waals surface area contributed by atoms with E-state index in [1.807, 2.05) is 0 Å². The van der Waals surface area contributed by atoms with Crippen LogP contribution in [0.4, 0.5) is 13.2 Å². The Balaban J connectivity index is 2.45. The average Bonchev–Trinajstić information content (AvgIpc) is 2.36. The van der Waals surface area contributed by atoms with Gasteiger partial charge in [0.2, 0.25) is 0 Å². The molecule has 0 bridgehead atoms. The second-order valence-electron chi connectivity index (χ2n) is 3.30. The molecule has 2 aromatic rings. The Kier molecular flexibility index (Phi) is 3.06. The summed E-state index contributed by atoms with van der Waals surface area (Å²) in [7, 11) is 0. The van der Waals surface area contributed by atoms with E-state index in [0.29, 0.717) is 0 Å². The number of nitrogens with zero attached hydrogens (tertiary/aromatic N) is 2. The van der Waals surface area contributed by atoms with Crippen LogP contribution in [0.3, 0.4) is 0 Å². The fourth-order valence-corrected chi connectivity index (χ4v) is 1.37. The van der Waals surface area contributed by atoms with E-state index in [4.69, 9.17) is 0 Å². The molecule has 88 valence electrons. The van der Waals surface area contributed by atoms with Crippen LogP contribution in [-0.2, 0) is 0 Å². The van der Waals surface area contributed by atoms with Gasteiger partial charge in [0.1, 0.15) is 12.4 Å². The second kappa shape index (κ2) is 4.50. The molecule has 2 rings (SSSR count). The van der Waals surface area contributed by atoms with Gasteiger partial charge in [0.05, 0.1) is 5.69 Å². The number of benzene rings is 1. The summed E-state index contributed by atoms with van der Waals surface area (Å²) >= 11 is 0. The third kappa shape index (κ3) is 2.12. The molecule has 1 atom stereocenters. The first-order valence-corrected chi connectivity index (χ1v) is 4.68. The number of hydrogen-bond acceptors (Lipinski definition) is 3. The predicted molar refractivity (Wildman–Crippen MR) is 52.4 cm³/mol. The molecule has 1 aromatic heterocycles. The molecule has 1 unspecified atom stereocenters. The lowest BCUT2D eigenvalue weighted by atomic mass is 10.1. The maximum absolute atomic E-state index is 13.4. The molecule has 3 nitrogen and oxygen atoms in total. The molecule has 1 heterocycles. The van der Waals surface area contributed by atoms with Crippen molar-refractivity contribution in [3.63, 3.8) is 0 Å². The highest BCUT2D eigenvalue weighted by molar-refractivity contribution is 5.27. The molecule has 0 saturated carbocycles. The van der Waals surface area contributed by atoms with Crippen molar-refractivity contribution in [1.29, 1.82) is 0 Å². The van der Waals surface area contributed by atoms with Gasteiger partial charge in [0.15, 0.2) is 17.5 Å². The Morgan fingerprint density at radius 2 is 1.82 bits per heavy atom. The fourth-order valence-electron chi connectivity index (χ4n) is 1.37. The number of halogens is 3. The third-order valence-corrected chi connectivity index (χ3v) is 2.24. The molecule has 0 spiro atoms. The van der Waals surface area contributed by atoms with Crippen LogP contribution in [0.15, 0.2) is 30.7 Å². The molecule has 1 aromatic carbocycles. The largest absolute Gasteiger partial charge is 0.382 e. The minimum atomic E-state index is -1.62. The monoisotopic (exact) mass is 240 g/mol. The Hall–Kier alpha value is -1.95. The zero-order valence-corrected chi connectivity index (χ0v) is 8.44. The van der Waals surface area contributed by atoms with Gasteiger partial charge in [0, 0.05) is 11.8 Å². The first kappa shape index (κ1) is 11.5. The van der Waals surface area contributed by atoms with Crippen LogP contribution in [0.2, 0.25) is 0 Å². The lowest BCUT2D eigenvalue weighted by molar-refractivity contribution is 0.207. The maximum Gasteiger partial charge on any atom is 0.194 e. The summed E-state index contributed by atoms with van der Waals surface area (Å²) in [5.41, 5.74) is -0.271. The first-order valence-electron chi connectivity index (χ1n) is 4.68. The van der Waals surface area contributed by atoms with E-state index in [1.54, 1.807) is 0 Å². The van der Waals surface area contributed by atoms with Gasteiger partial charge >= 0.3 is 0 Å². The topological polar surface area (TPSA) is 46.0 Å². The van der Waals surface area contributed by atoms with Crippen molar-refractivity contribution >= 4 is 0 Å². The zero-order chi connectivity index (χ0) is 12.4. The van der Waals surface area contributed by atoms with Crippen molar-refractivity contribution in [2.75, 3.05) is 0 Å². The minimum absolute atomic E-state index is 0.102. The Labute approximate surface area is 94.6 Å². The van der Waals surface area contributed by atoms with E-state index in [2.05, 4.69) is 9.97 Å². The van der Waals surface area contributed by atoms with Crippen LogP contribution in [0, 0.1) is 17.5 Å². The van der Waals surface area contributed by atoms with Crippen LogP contribution in [0.1, 0.15) is 17.4 Å².